The highest BCUT2D eigenvalue weighted by atomic mass is 16.7. The van der Waals surface area contributed by atoms with Gasteiger partial charge in [-0.15, -0.1) is 0 Å². The highest BCUT2D eigenvalue weighted by molar-refractivity contribution is 5.81. The maximum atomic E-state index is 12.4. The molecule has 2 aromatic carbocycles. The van der Waals surface area contributed by atoms with E-state index in [9.17, 15) is 4.79 Å². The normalized spacial score (nSPS) is 13.2. The van der Waals surface area contributed by atoms with Crippen LogP contribution in [-0.2, 0) is 11.3 Å². The predicted molar refractivity (Wildman–Crippen MR) is 92.1 cm³/mol. The number of benzene rings is 2. The first-order valence-corrected chi connectivity index (χ1v) is 8.16. The second-order valence-electron chi connectivity index (χ2n) is 5.60. The number of carbonyl (C=O) groups is 1. The summed E-state index contributed by atoms with van der Waals surface area (Å²) >= 11 is 0. The van der Waals surface area contributed by atoms with Gasteiger partial charge >= 0.3 is 0 Å². The Balaban J connectivity index is 1.58. The van der Waals surface area contributed by atoms with Crippen molar-refractivity contribution in [2.45, 2.75) is 26.0 Å². The van der Waals surface area contributed by atoms with Gasteiger partial charge in [-0.05, 0) is 36.2 Å². The molecule has 1 unspecified atom stereocenters. The summed E-state index contributed by atoms with van der Waals surface area (Å²) in [7, 11) is 1.59. The minimum atomic E-state index is -0.568. The van der Waals surface area contributed by atoms with Gasteiger partial charge in [0.15, 0.2) is 17.6 Å². The monoisotopic (exact) mass is 343 g/mol. The van der Waals surface area contributed by atoms with E-state index in [-0.39, 0.29) is 12.7 Å². The Morgan fingerprint density at radius 2 is 1.96 bits per heavy atom. The number of amides is 1. The quantitative estimate of drug-likeness (QED) is 0.837. The zero-order valence-electron chi connectivity index (χ0n) is 14.3. The lowest BCUT2D eigenvalue weighted by atomic mass is 10.2. The van der Waals surface area contributed by atoms with Crippen LogP contribution in [0.5, 0.6) is 23.0 Å². The van der Waals surface area contributed by atoms with Gasteiger partial charge in [-0.1, -0.05) is 19.1 Å². The second-order valence-corrected chi connectivity index (χ2v) is 5.60. The number of rotatable bonds is 7. The molecule has 0 spiro atoms. The molecule has 0 bridgehead atoms. The van der Waals surface area contributed by atoms with Crippen molar-refractivity contribution in [2.75, 3.05) is 13.9 Å². The highest BCUT2D eigenvalue weighted by Gasteiger charge is 2.19. The SMILES string of the molecule is CCC(Oc1cccc(OC)c1)C(=O)NCc1ccc2c(c1)OCO2. The van der Waals surface area contributed by atoms with Crippen molar-refractivity contribution in [2.24, 2.45) is 0 Å². The lowest BCUT2D eigenvalue weighted by molar-refractivity contribution is -0.128. The van der Waals surface area contributed by atoms with Crippen LogP contribution in [0.15, 0.2) is 42.5 Å². The molecule has 1 aliphatic rings. The minimum absolute atomic E-state index is 0.164. The van der Waals surface area contributed by atoms with Crippen LogP contribution in [0.3, 0.4) is 0 Å². The van der Waals surface area contributed by atoms with Crippen LogP contribution in [0, 0.1) is 0 Å². The summed E-state index contributed by atoms with van der Waals surface area (Å²) in [5.41, 5.74) is 0.939. The van der Waals surface area contributed by atoms with Gasteiger partial charge < -0.3 is 24.3 Å². The maximum Gasteiger partial charge on any atom is 0.261 e. The Hall–Kier alpha value is -2.89. The number of carbonyl (C=O) groups excluding carboxylic acids is 1. The van der Waals surface area contributed by atoms with E-state index in [2.05, 4.69) is 5.32 Å². The summed E-state index contributed by atoms with van der Waals surface area (Å²) in [5.74, 6) is 2.55. The Morgan fingerprint density at radius 3 is 2.76 bits per heavy atom. The molecule has 25 heavy (non-hydrogen) atoms. The first-order chi connectivity index (χ1) is 12.2. The summed E-state index contributed by atoms with van der Waals surface area (Å²) in [5, 5.41) is 2.90. The molecule has 0 aromatic heterocycles. The molecule has 1 atom stereocenters. The molecule has 2 aromatic rings. The fourth-order valence-corrected chi connectivity index (χ4v) is 2.51. The average Bonchev–Trinajstić information content (AvgIpc) is 3.12. The first-order valence-electron chi connectivity index (χ1n) is 8.16. The molecule has 132 valence electrons. The van der Waals surface area contributed by atoms with E-state index in [1.54, 1.807) is 19.2 Å². The van der Waals surface area contributed by atoms with Crippen LogP contribution >= 0.6 is 0 Å². The third-order valence-electron chi connectivity index (χ3n) is 3.89. The van der Waals surface area contributed by atoms with Crippen LogP contribution in [-0.4, -0.2) is 25.9 Å². The third kappa shape index (κ3) is 4.15. The number of nitrogens with one attached hydrogen (secondary N) is 1. The molecule has 6 nitrogen and oxygen atoms in total. The topological polar surface area (TPSA) is 66.0 Å². The summed E-state index contributed by atoms with van der Waals surface area (Å²) < 4.78 is 21.6. The maximum absolute atomic E-state index is 12.4. The number of ether oxygens (including phenoxy) is 4. The van der Waals surface area contributed by atoms with Crippen LogP contribution < -0.4 is 24.3 Å². The van der Waals surface area contributed by atoms with E-state index < -0.39 is 6.10 Å². The lowest BCUT2D eigenvalue weighted by Crippen LogP contribution is -2.37. The molecule has 3 rings (SSSR count). The average molecular weight is 343 g/mol. The van der Waals surface area contributed by atoms with Crippen molar-refractivity contribution in [3.63, 3.8) is 0 Å². The molecule has 0 fully saturated rings. The molecule has 6 heteroatoms. The fourth-order valence-electron chi connectivity index (χ4n) is 2.51. The molecule has 1 aliphatic heterocycles. The molecule has 0 radical (unpaired) electrons. The fraction of sp³-hybridized carbons (Fsp3) is 0.316. The molecule has 1 amide bonds. The standard InChI is InChI=1S/C19H21NO5/c1-3-16(25-15-6-4-5-14(10-15)22-2)19(21)20-11-13-7-8-17-18(9-13)24-12-23-17/h4-10,16H,3,11-12H2,1-2H3,(H,20,21). The van der Waals surface area contributed by atoms with Crippen molar-refractivity contribution in [1.82, 2.24) is 5.32 Å². The molecule has 0 aliphatic carbocycles. The van der Waals surface area contributed by atoms with E-state index in [4.69, 9.17) is 18.9 Å². The second kappa shape index (κ2) is 7.79. The van der Waals surface area contributed by atoms with Gasteiger partial charge in [-0.2, -0.15) is 0 Å². The number of fused-ring (bicyclic) bond motifs is 1. The zero-order chi connectivity index (χ0) is 17.6. The number of hydrogen-bond donors (Lipinski definition) is 1. The van der Waals surface area contributed by atoms with E-state index in [0.717, 1.165) is 11.3 Å². The van der Waals surface area contributed by atoms with Gasteiger partial charge in [0, 0.05) is 12.6 Å². The van der Waals surface area contributed by atoms with E-state index in [0.29, 0.717) is 30.2 Å². The van der Waals surface area contributed by atoms with Gasteiger partial charge in [0.25, 0.3) is 5.91 Å². The molecule has 1 N–H and O–H groups in total. The van der Waals surface area contributed by atoms with Crippen molar-refractivity contribution in [1.29, 1.82) is 0 Å². The van der Waals surface area contributed by atoms with Gasteiger partial charge in [0.05, 0.1) is 7.11 Å². The van der Waals surface area contributed by atoms with Gasteiger partial charge in [0.1, 0.15) is 11.5 Å². The Morgan fingerprint density at radius 1 is 1.16 bits per heavy atom. The lowest BCUT2D eigenvalue weighted by Gasteiger charge is -2.17. The Bertz CT molecular complexity index is 746. The molecule has 0 saturated carbocycles. The van der Waals surface area contributed by atoms with Crippen LogP contribution in [0.1, 0.15) is 18.9 Å². The van der Waals surface area contributed by atoms with Crippen LogP contribution in [0.2, 0.25) is 0 Å². The summed E-state index contributed by atoms with van der Waals surface area (Å²) in [6, 6.07) is 12.8. The summed E-state index contributed by atoms with van der Waals surface area (Å²) in [4.78, 5) is 12.4. The highest BCUT2D eigenvalue weighted by Crippen LogP contribution is 2.32. The van der Waals surface area contributed by atoms with E-state index in [1.165, 1.54) is 0 Å². The van der Waals surface area contributed by atoms with Gasteiger partial charge in [0.2, 0.25) is 6.79 Å². The zero-order valence-corrected chi connectivity index (χ0v) is 14.3. The van der Waals surface area contributed by atoms with Crippen molar-refractivity contribution >= 4 is 5.91 Å². The Kier molecular flexibility index (Phi) is 5.28. The van der Waals surface area contributed by atoms with Crippen molar-refractivity contribution < 1.29 is 23.7 Å². The smallest absolute Gasteiger partial charge is 0.261 e. The van der Waals surface area contributed by atoms with Gasteiger partial charge in [-0.25, -0.2) is 0 Å². The predicted octanol–water partition coefficient (Wildman–Crippen LogP) is 2.90. The molecular formula is C19H21NO5. The number of methoxy groups -OCH3 is 1. The summed E-state index contributed by atoms with van der Waals surface area (Å²) in [6.07, 6.45) is -0.00871. The molecular weight excluding hydrogens is 322 g/mol. The van der Waals surface area contributed by atoms with Crippen molar-refractivity contribution in [3.8, 4) is 23.0 Å². The van der Waals surface area contributed by atoms with Crippen molar-refractivity contribution in [3.05, 3.63) is 48.0 Å². The minimum Gasteiger partial charge on any atom is -0.497 e. The Labute approximate surface area is 146 Å². The third-order valence-corrected chi connectivity index (χ3v) is 3.89. The van der Waals surface area contributed by atoms with Gasteiger partial charge in [-0.3, -0.25) is 4.79 Å². The first kappa shape index (κ1) is 17.0. The van der Waals surface area contributed by atoms with E-state index in [1.807, 2.05) is 37.3 Å². The molecule has 0 saturated heterocycles. The molecule has 1 heterocycles. The van der Waals surface area contributed by atoms with Crippen LogP contribution in [0.4, 0.5) is 0 Å². The largest absolute Gasteiger partial charge is 0.497 e. The summed E-state index contributed by atoms with van der Waals surface area (Å²) in [6.45, 7) is 2.54. The number of hydrogen-bond acceptors (Lipinski definition) is 5. The van der Waals surface area contributed by atoms with E-state index >= 15 is 0 Å². The van der Waals surface area contributed by atoms with Crippen LogP contribution in [0.25, 0.3) is 0 Å².